The van der Waals surface area contributed by atoms with Gasteiger partial charge in [-0.3, -0.25) is 14.9 Å². The van der Waals surface area contributed by atoms with Gasteiger partial charge in [-0.1, -0.05) is 0 Å². The fourth-order valence-corrected chi connectivity index (χ4v) is 4.91. The van der Waals surface area contributed by atoms with E-state index in [1.165, 1.54) is 0 Å². The molecule has 5 rings (SSSR count). The number of methoxy groups -OCH3 is 1. The van der Waals surface area contributed by atoms with E-state index in [-0.39, 0.29) is 11.1 Å². The Morgan fingerprint density at radius 3 is 2.81 bits per heavy atom. The summed E-state index contributed by atoms with van der Waals surface area (Å²) < 4.78 is 11.0. The first-order valence-electron chi connectivity index (χ1n) is 11.7. The molecule has 10 nitrogen and oxygen atoms in total. The molecular formula is C25H26N6O4S. The number of hydrogen-bond acceptors (Lipinski definition) is 10. The molecule has 11 heteroatoms. The number of nitrogens with one attached hydrogen (secondary N) is 2. The summed E-state index contributed by atoms with van der Waals surface area (Å²) in [5.74, 6) is 2.24. The van der Waals surface area contributed by atoms with Gasteiger partial charge in [0.1, 0.15) is 11.4 Å². The number of thioether (sulfide) groups is 1. The number of furan rings is 1. The number of ether oxygens (including phenoxy) is 1. The summed E-state index contributed by atoms with van der Waals surface area (Å²) in [5, 5.41) is 5.42. The van der Waals surface area contributed by atoms with Crippen LogP contribution >= 0.6 is 11.8 Å². The van der Waals surface area contributed by atoms with Crippen molar-refractivity contribution in [3.63, 3.8) is 0 Å². The van der Waals surface area contributed by atoms with Crippen molar-refractivity contribution in [3.8, 4) is 17.2 Å². The van der Waals surface area contributed by atoms with E-state index < -0.39 is 0 Å². The number of hydrogen-bond donors (Lipinski definition) is 2. The minimum atomic E-state index is -0.390. The molecule has 0 saturated carbocycles. The predicted molar refractivity (Wildman–Crippen MR) is 136 cm³/mol. The van der Waals surface area contributed by atoms with Crippen molar-refractivity contribution in [2.24, 2.45) is 5.92 Å². The maximum absolute atomic E-state index is 11.8. The Morgan fingerprint density at radius 2 is 2.08 bits per heavy atom. The summed E-state index contributed by atoms with van der Waals surface area (Å²) in [5.41, 5.74) is 2.23. The Hall–Kier alpha value is -3.70. The van der Waals surface area contributed by atoms with Crippen molar-refractivity contribution in [1.29, 1.82) is 0 Å². The lowest BCUT2D eigenvalue weighted by Crippen LogP contribution is -2.38. The molecule has 0 bridgehead atoms. The molecule has 0 radical (unpaired) electrons. The Balaban J connectivity index is 1.14. The van der Waals surface area contributed by atoms with Crippen LogP contribution in [0.15, 0.2) is 52.1 Å². The fourth-order valence-electron chi connectivity index (χ4n) is 4.24. The third kappa shape index (κ3) is 5.58. The van der Waals surface area contributed by atoms with E-state index in [0.29, 0.717) is 29.0 Å². The van der Waals surface area contributed by atoms with E-state index in [2.05, 4.69) is 25.5 Å². The van der Waals surface area contributed by atoms with Crippen LogP contribution in [0.3, 0.4) is 0 Å². The molecule has 0 aromatic carbocycles. The summed E-state index contributed by atoms with van der Waals surface area (Å²) in [6, 6.07) is 9.28. The lowest BCUT2D eigenvalue weighted by Gasteiger charge is -2.32. The molecule has 3 aromatic heterocycles. The number of amides is 2. The average Bonchev–Trinajstić information content (AvgIpc) is 3.54. The van der Waals surface area contributed by atoms with Crippen LogP contribution in [-0.4, -0.2) is 52.8 Å². The van der Waals surface area contributed by atoms with Crippen LogP contribution < -0.4 is 20.3 Å². The zero-order valence-corrected chi connectivity index (χ0v) is 20.6. The van der Waals surface area contributed by atoms with Crippen molar-refractivity contribution in [2.75, 3.05) is 31.6 Å². The van der Waals surface area contributed by atoms with Gasteiger partial charge in [-0.2, -0.15) is 0 Å². The molecule has 0 aliphatic carbocycles. The predicted octanol–water partition coefficient (Wildman–Crippen LogP) is 3.47. The van der Waals surface area contributed by atoms with E-state index in [1.54, 1.807) is 31.7 Å². The monoisotopic (exact) mass is 506 g/mol. The molecular weight excluding hydrogens is 480 g/mol. The maximum atomic E-state index is 11.8. The number of rotatable bonds is 8. The molecule has 2 N–H and O–H groups in total. The summed E-state index contributed by atoms with van der Waals surface area (Å²) in [4.78, 5) is 39.4. The Morgan fingerprint density at radius 1 is 1.22 bits per heavy atom. The first kappa shape index (κ1) is 24.0. The topological polar surface area (TPSA) is 122 Å². The maximum Gasteiger partial charge on any atom is 0.290 e. The molecule has 2 aliphatic rings. The molecule has 186 valence electrons. The van der Waals surface area contributed by atoms with Gasteiger partial charge in [-0.25, -0.2) is 15.0 Å². The number of aromatic nitrogens is 3. The van der Waals surface area contributed by atoms with Gasteiger partial charge in [0.25, 0.3) is 11.1 Å². The molecule has 2 amide bonds. The first-order valence-corrected chi connectivity index (χ1v) is 12.5. The van der Waals surface area contributed by atoms with Crippen LogP contribution in [-0.2, 0) is 11.3 Å². The number of nitrogens with zero attached hydrogens (tertiary/aromatic N) is 4. The summed E-state index contributed by atoms with van der Waals surface area (Å²) in [7, 11) is 1.65. The fraction of sp³-hybridized carbons (Fsp3) is 0.320. The van der Waals surface area contributed by atoms with Gasteiger partial charge in [0.05, 0.1) is 29.7 Å². The second-order valence-corrected chi connectivity index (χ2v) is 9.53. The normalized spacial score (nSPS) is 17.6. The van der Waals surface area contributed by atoms with Crippen molar-refractivity contribution in [3.05, 3.63) is 59.1 Å². The van der Waals surface area contributed by atoms with Crippen LogP contribution in [0.25, 0.3) is 17.5 Å². The number of imide groups is 1. The highest BCUT2D eigenvalue weighted by Crippen LogP contribution is 2.27. The highest BCUT2D eigenvalue weighted by Gasteiger charge is 2.26. The third-order valence-electron chi connectivity index (χ3n) is 6.13. The van der Waals surface area contributed by atoms with Gasteiger partial charge in [0.15, 0.2) is 5.76 Å². The van der Waals surface area contributed by atoms with Crippen molar-refractivity contribution < 1.29 is 18.7 Å². The van der Waals surface area contributed by atoms with E-state index in [9.17, 15) is 9.59 Å². The highest BCUT2D eigenvalue weighted by molar-refractivity contribution is 8.18. The zero-order valence-electron chi connectivity index (χ0n) is 19.8. The quantitative estimate of drug-likeness (QED) is 0.439. The molecule has 5 heterocycles. The van der Waals surface area contributed by atoms with Gasteiger partial charge in [-0.15, -0.1) is 0 Å². The van der Waals surface area contributed by atoms with Crippen LogP contribution in [0, 0.1) is 5.92 Å². The molecule has 0 unspecified atom stereocenters. The molecule has 0 atom stereocenters. The average molecular weight is 507 g/mol. The Labute approximate surface area is 212 Å². The Kier molecular flexibility index (Phi) is 7.28. The SMILES string of the molecule is COc1ccc(-c2ccco2)nc1CNCC1CCN(c2nccc(/C=C3\SC(=O)NC3=O)n2)CC1. The molecule has 2 aliphatic heterocycles. The highest BCUT2D eigenvalue weighted by atomic mass is 32.2. The smallest absolute Gasteiger partial charge is 0.290 e. The van der Waals surface area contributed by atoms with Crippen LogP contribution in [0.2, 0.25) is 0 Å². The summed E-state index contributed by atoms with van der Waals surface area (Å²) >= 11 is 0.882. The number of pyridine rings is 1. The number of carbonyl (C=O) groups excluding carboxylic acids is 2. The molecule has 2 fully saturated rings. The summed E-state index contributed by atoms with van der Waals surface area (Å²) in [6.45, 7) is 3.16. The van der Waals surface area contributed by atoms with Crippen molar-refractivity contribution in [2.45, 2.75) is 19.4 Å². The van der Waals surface area contributed by atoms with Crippen LogP contribution in [0.4, 0.5) is 10.7 Å². The van der Waals surface area contributed by atoms with Crippen molar-refractivity contribution >= 4 is 34.9 Å². The minimum absolute atomic E-state index is 0.343. The summed E-state index contributed by atoms with van der Waals surface area (Å²) in [6.07, 6.45) is 6.95. The minimum Gasteiger partial charge on any atom is -0.495 e. The standard InChI is InChI=1S/C25H26N6O4S/c1-34-20-5-4-18(21-3-2-12-35-21)29-19(20)15-26-14-16-7-10-31(11-8-16)24-27-9-6-17(28-24)13-22-23(32)30-25(33)36-22/h2-6,9,12-13,16,26H,7-8,10-11,14-15H2,1H3,(H,30,32,33)/b22-13-. The van der Waals surface area contributed by atoms with E-state index in [4.69, 9.17) is 14.1 Å². The molecule has 36 heavy (non-hydrogen) atoms. The number of piperidine rings is 1. The lowest BCUT2D eigenvalue weighted by molar-refractivity contribution is -0.115. The second kappa shape index (κ2) is 10.9. The van der Waals surface area contributed by atoms with Crippen molar-refractivity contribution in [1.82, 2.24) is 25.6 Å². The number of carbonyl (C=O) groups is 2. The van der Waals surface area contributed by atoms with E-state index >= 15 is 0 Å². The third-order valence-corrected chi connectivity index (χ3v) is 6.94. The lowest BCUT2D eigenvalue weighted by atomic mass is 9.97. The zero-order chi connectivity index (χ0) is 24.9. The van der Waals surface area contributed by atoms with Gasteiger partial charge in [-0.05, 0) is 73.5 Å². The largest absolute Gasteiger partial charge is 0.495 e. The first-order chi connectivity index (χ1) is 17.6. The Bertz CT molecular complexity index is 1270. The second-order valence-electron chi connectivity index (χ2n) is 8.52. The number of anilines is 1. The van der Waals surface area contributed by atoms with Gasteiger partial charge < -0.3 is 19.4 Å². The van der Waals surface area contributed by atoms with Gasteiger partial charge >= 0.3 is 0 Å². The molecule has 3 aromatic rings. The van der Waals surface area contributed by atoms with Crippen LogP contribution in [0.1, 0.15) is 24.2 Å². The van der Waals surface area contributed by atoms with Gasteiger partial charge in [0.2, 0.25) is 5.95 Å². The van der Waals surface area contributed by atoms with E-state index in [0.717, 1.165) is 67.1 Å². The molecule has 2 saturated heterocycles. The van der Waals surface area contributed by atoms with E-state index in [1.807, 2.05) is 24.3 Å². The molecule has 0 spiro atoms. The van der Waals surface area contributed by atoms with Gasteiger partial charge in [0, 0.05) is 25.8 Å². The van der Waals surface area contributed by atoms with Crippen LogP contribution in [0.5, 0.6) is 5.75 Å².